The van der Waals surface area contributed by atoms with Gasteiger partial charge in [0.05, 0.1) is 16.8 Å². The van der Waals surface area contributed by atoms with Crippen LogP contribution in [0.5, 0.6) is 0 Å². The standard InChI is InChI=1S/C23H27FN4O2/c1-6-30-26-15(2)16-11-13-17(14-12-16)18-9-7-8-10-19(18)25-22(29)20-21(24)28(5)27-23(20,3)4/h7-14,27H,6H2,1-5H3,(H,25,29)/b26-15+. The third-order valence-corrected chi connectivity index (χ3v) is 4.92. The first kappa shape index (κ1) is 21.5. The number of amides is 1. The smallest absolute Gasteiger partial charge is 0.258 e. The molecule has 0 spiro atoms. The molecule has 0 unspecified atom stereocenters. The lowest BCUT2D eigenvalue weighted by Gasteiger charge is -2.23. The second-order valence-corrected chi connectivity index (χ2v) is 7.63. The van der Waals surface area contributed by atoms with Crippen LogP contribution < -0.4 is 10.7 Å². The van der Waals surface area contributed by atoms with Crippen molar-refractivity contribution in [3.8, 4) is 11.1 Å². The van der Waals surface area contributed by atoms with Gasteiger partial charge in [0.15, 0.2) is 0 Å². The Bertz CT molecular complexity index is 997. The Kier molecular flexibility index (Phi) is 6.22. The summed E-state index contributed by atoms with van der Waals surface area (Å²) in [7, 11) is 1.55. The van der Waals surface area contributed by atoms with Gasteiger partial charge in [0.1, 0.15) is 6.61 Å². The number of hydrogen-bond donors (Lipinski definition) is 2. The Balaban J connectivity index is 1.88. The number of hydrazine groups is 1. The highest BCUT2D eigenvalue weighted by molar-refractivity contribution is 6.07. The summed E-state index contributed by atoms with van der Waals surface area (Å²) in [6.45, 7) is 7.81. The second kappa shape index (κ2) is 8.67. The minimum absolute atomic E-state index is 0.0675. The summed E-state index contributed by atoms with van der Waals surface area (Å²) in [5, 5.41) is 8.16. The Labute approximate surface area is 176 Å². The topological polar surface area (TPSA) is 66.0 Å². The van der Waals surface area contributed by atoms with E-state index in [-0.39, 0.29) is 5.57 Å². The van der Waals surface area contributed by atoms with Crippen molar-refractivity contribution < 1.29 is 14.0 Å². The van der Waals surface area contributed by atoms with Crippen molar-refractivity contribution in [1.29, 1.82) is 0 Å². The molecular formula is C23H27FN4O2. The molecule has 2 N–H and O–H groups in total. The Morgan fingerprint density at radius 2 is 1.87 bits per heavy atom. The zero-order valence-electron chi connectivity index (χ0n) is 17.9. The van der Waals surface area contributed by atoms with Gasteiger partial charge in [-0.1, -0.05) is 47.6 Å². The third-order valence-electron chi connectivity index (χ3n) is 4.92. The first-order valence-corrected chi connectivity index (χ1v) is 9.84. The van der Waals surface area contributed by atoms with Gasteiger partial charge in [-0.25, -0.2) is 5.43 Å². The predicted octanol–water partition coefficient (Wildman–Crippen LogP) is 4.46. The van der Waals surface area contributed by atoms with Crippen LogP contribution in [-0.2, 0) is 9.63 Å². The minimum atomic E-state index is -0.809. The van der Waals surface area contributed by atoms with Gasteiger partial charge >= 0.3 is 0 Å². The first-order chi connectivity index (χ1) is 14.2. The molecule has 0 fully saturated rings. The normalized spacial score (nSPS) is 16.1. The molecule has 1 aliphatic heterocycles. The van der Waals surface area contributed by atoms with E-state index in [0.717, 1.165) is 22.4 Å². The molecule has 1 aliphatic rings. The van der Waals surface area contributed by atoms with E-state index in [2.05, 4.69) is 15.9 Å². The van der Waals surface area contributed by atoms with Crippen molar-refractivity contribution in [2.75, 3.05) is 19.0 Å². The molecule has 2 aromatic rings. The zero-order valence-corrected chi connectivity index (χ0v) is 17.9. The number of halogens is 1. The summed E-state index contributed by atoms with van der Waals surface area (Å²) in [5.74, 6) is -1.05. The number of carbonyl (C=O) groups is 1. The maximum absolute atomic E-state index is 14.5. The fraction of sp³-hybridized carbons (Fsp3) is 0.304. The van der Waals surface area contributed by atoms with Gasteiger partial charge in [0.25, 0.3) is 5.91 Å². The monoisotopic (exact) mass is 410 g/mol. The van der Waals surface area contributed by atoms with Crippen LogP contribution in [0.1, 0.15) is 33.3 Å². The average molecular weight is 410 g/mol. The van der Waals surface area contributed by atoms with E-state index < -0.39 is 17.4 Å². The predicted molar refractivity (Wildman–Crippen MR) is 117 cm³/mol. The van der Waals surface area contributed by atoms with E-state index in [9.17, 15) is 9.18 Å². The largest absolute Gasteiger partial charge is 0.396 e. The Morgan fingerprint density at radius 1 is 1.20 bits per heavy atom. The SMILES string of the molecule is CCO/N=C(\C)c1ccc(-c2ccccc2NC(=O)C2=C(F)N(C)NC2(C)C)cc1. The minimum Gasteiger partial charge on any atom is -0.396 e. The highest BCUT2D eigenvalue weighted by Gasteiger charge is 2.40. The van der Waals surface area contributed by atoms with Crippen LogP contribution in [0.15, 0.2) is 65.2 Å². The van der Waals surface area contributed by atoms with E-state index in [4.69, 9.17) is 4.84 Å². The molecule has 3 rings (SSSR count). The molecule has 0 saturated heterocycles. The Hall–Kier alpha value is -3.19. The summed E-state index contributed by atoms with van der Waals surface area (Å²) >= 11 is 0. The van der Waals surface area contributed by atoms with Crippen molar-refractivity contribution in [2.45, 2.75) is 33.2 Å². The van der Waals surface area contributed by atoms with Crippen LogP contribution >= 0.6 is 0 Å². The summed E-state index contributed by atoms with van der Waals surface area (Å²) < 4.78 is 14.5. The maximum atomic E-state index is 14.5. The van der Waals surface area contributed by atoms with Gasteiger partial charge in [-0.05, 0) is 44.9 Å². The molecule has 0 aliphatic carbocycles. The lowest BCUT2D eigenvalue weighted by molar-refractivity contribution is -0.113. The van der Waals surface area contributed by atoms with Crippen LogP contribution in [-0.4, -0.2) is 35.8 Å². The molecule has 158 valence electrons. The second-order valence-electron chi connectivity index (χ2n) is 7.63. The molecule has 0 radical (unpaired) electrons. The average Bonchev–Trinajstić information content (AvgIpc) is 2.93. The first-order valence-electron chi connectivity index (χ1n) is 9.84. The van der Waals surface area contributed by atoms with Gasteiger partial charge in [0, 0.05) is 18.3 Å². The summed E-state index contributed by atoms with van der Waals surface area (Å²) in [6.07, 6.45) is 0. The number of rotatable bonds is 6. The fourth-order valence-electron chi connectivity index (χ4n) is 3.46. The number of anilines is 1. The Morgan fingerprint density at radius 3 is 2.47 bits per heavy atom. The highest BCUT2D eigenvalue weighted by Crippen LogP contribution is 2.32. The number of nitrogens with zero attached hydrogens (tertiary/aromatic N) is 2. The molecule has 1 heterocycles. The van der Waals surface area contributed by atoms with Crippen LogP contribution in [0, 0.1) is 0 Å². The van der Waals surface area contributed by atoms with Crippen molar-refractivity contribution in [2.24, 2.45) is 5.16 Å². The number of carbonyl (C=O) groups excluding carboxylic acids is 1. The highest BCUT2D eigenvalue weighted by atomic mass is 19.1. The molecule has 0 aromatic heterocycles. The van der Waals surface area contributed by atoms with Crippen molar-refractivity contribution in [1.82, 2.24) is 10.4 Å². The lowest BCUT2D eigenvalue weighted by Crippen LogP contribution is -2.44. The molecule has 0 atom stereocenters. The van der Waals surface area contributed by atoms with Gasteiger partial charge in [0.2, 0.25) is 5.95 Å². The number of para-hydroxylation sites is 1. The lowest BCUT2D eigenvalue weighted by atomic mass is 9.95. The van der Waals surface area contributed by atoms with E-state index >= 15 is 0 Å². The van der Waals surface area contributed by atoms with Crippen LogP contribution in [0.3, 0.4) is 0 Å². The van der Waals surface area contributed by atoms with Crippen molar-refractivity contribution >= 4 is 17.3 Å². The van der Waals surface area contributed by atoms with Crippen LogP contribution in [0.4, 0.5) is 10.1 Å². The van der Waals surface area contributed by atoms with Crippen LogP contribution in [0.25, 0.3) is 11.1 Å². The summed E-state index contributed by atoms with van der Waals surface area (Å²) in [4.78, 5) is 18.0. The summed E-state index contributed by atoms with van der Waals surface area (Å²) in [5.41, 5.74) is 6.31. The van der Waals surface area contributed by atoms with Gasteiger partial charge in [-0.15, -0.1) is 0 Å². The maximum Gasteiger partial charge on any atom is 0.258 e. The van der Waals surface area contributed by atoms with Crippen molar-refractivity contribution in [3.63, 3.8) is 0 Å². The fourth-order valence-corrected chi connectivity index (χ4v) is 3.46. The number of hydrogen-bond acceptors (Lipinski definition) is 5. The third kappa shape index (κ3) is 4.36. The number of oxime groups is 1. The van der Waals surface area contributed by atoms with Gasteiger partial charge in [-0.2, -0.15) is 4.39 Å². The van der Waals surface area contributed by atoms with Gasteiger partial charge in [-0.3, -0.25) is 9.80 Å². The molecule has 7 heteroatoms. The molecule has 6 nitrogen and oxygen atoms in total. The number of nitrogens with one attached hydrogen (secondary N) is 2. The molecule has 1 amide bonds. The van der Waals surface area contributed by atoms with E-state index in [0.29, 0.717) is 12.3 Å². The molecule has 0 saturated carbocycles. The quantitative estimate of drug-likeness (QED) is 0.419. The van der Waals surface area contributed by atoms with E-state index in [1.807, 2.05) is 56.3 Å². The molecular weight excluding hydrogens is 383 g/mol. The van der Waals surface area contributed by atoms with E-state index in [1.54, 1.807) is 27.0 Å². The zero-order chi connectivity index (χ0) is 21.9. The number of benzene rings is 2. The van der Waals surface area contributed by atoms with Gasteiger partial charge < -0.3 is 10.2 Å². The summed E-state index contributed by atoms with van der Waals surface area (Å²) in [6, 6.07) is 15.3. The molecule has 0 bridgehead atoms. The van der Waals surface area contributed by atoms with E-state index in [1.165, 1.54) is 5.01 Å². The van der Waals surface area contributed by atoms with Crippen LogP contribution in [0.2, 0.25) is 0 Å². The van der Waals surface area contributed by atoms with Crippen molar-refractivity contribution in [3.05, 3.63) is 65.6 Å². The molecule has 2 aromatic carbocycles. The molecule has 30 heavy (non-hydrogen) atoms.